The quantitative estimate of drug-likeness (QED) is 0.903. The molecule has 0 spiro atoms. The van der Waals surface area contributed by atoms with Crippen LogP contribution in [-0.2, 0) is 6.54 Å². The van der Waals surface area contributed by atoms with Gasteiger partial charge in [0.1, 0.15) is 5.76 Å². The second-order valence-electron chi connectivity index (χ2n) is 7.24. The molecule has 1 aromatic rings. The van der Waals surface area contributed by atoms with Gasteiger partial charge in [-0.05, 0) is 52.6 Å². The lowest BCUT2D eigenvalue weighted by Crippen LogP contribution is -2.57. The van der Waals surface area contributed by atoms with Crippen LogP contribution in [0.25, 0.3) is 0 Å². The van der Waals surface area contributed by atoms with E-state index in [9.17, 15) is 0 Å². The van der Waals surface area contributed by atoms with Crippen LogP contribution in [0.5, 0.6) is 0 Å². The van der Waals surface area contributed by atoms with E-state index in [1.54, 1.807) is 0 Å². The SMILES string of the molecule is Cc1noc(C)c1CNCC1(N2CCCCC2)CCCCC1. The van der Waals surface area contributed by atoms with E-state index in [4.69, 9.17) is 4.52 Å². The van der Waals surface area contributed by atoms with Crippen molar-refractivity contribution in [1.82, 2.24) is 15.4 Å². The summed E-state index contributed by atoms with van der Waals surface area (Å²) in [6.45, 7) is 8.64. The van der Waals surface area contributed by atoms with Crippen molar-refractivity contribution >= 4 is 0 Å². The molecule has 2 fully saturated rings. The van der Waals surface area contributed by atoms with Crippen LogP contribution in [0.2, 0.25) is 0 Å². The molecular formula is C18H31N3O. The fourth-order valence-electron chi connectivity index (χ4n) is 4.36. The highest BCUT2D eigenvalue weighted by Crippen LogP contribution is 2.35. The Hall–Kier alpha value is -0.870. The van der Waals surface area contributed by atoms with Gasteiger partial charge in [0.2, 0.25) is 0 Å². The van der Waals surface area contributed by atoms with Gasteiger partial charge in [0.05, 0.1) is 5.69 Å². The minimum absolute atomic E-state index is 0.400. The van der Waals surface area contributed by atoms with Crippen molar-refractivity contribution in [3.05, 3.63) is 17.0 Å². The van der Waals surface area contributed by atoms with E-state index in [0.29, 0.717) is 5.54 Å². The second kappa shape index (κ2) is 7.14. The highest BCUT2D eigenvalue weighted by Gasteiger charge is 2.37. The average Bonchev–Trinajstić information content (AvgIpc) is 2.88. The van der Waals surface area contributed by atoms with Crippen LogP contribution in [0.3, 0.4) is 0 Å². The number of aryl methyl sites for hydroxylation is 2. The van der Waals surface area contributed by atoms with Crippen molar-refractivity contribution in [1.29, 1.82) is 0 Å². The number of nitrogens with zero attached hydrogens (tertiary/aromatic N) is 2. The molecule has 0 unspecified atom stereocenters. The van der Waals surface area contributed by atoms with Gasteiger partial charge >= 0.3 is 0 Å². The zero-order valence-corrected chi connectivity index (χ0v) is 14.3. The molecule has 22 heavy (non-hydrogen) atoms. The Morgan fingerprint density at radius 1 is 1.05 bits per heavy atom. The fraction of sp³-hybridized carbons (Fsp3) is 0.833. The first-order chi connectivity index (χ1) is 10.7. The topological polar surface area (TPSA) is 41.3 Å². The molecule has 0 radical (unpaired) electrons. The molecule has 2 aliphatic rings. The van der Waals surface area contributed by atoms with Crippen LogP contribution in [-0.4, -0.2) is 35.2 Å². The first kappa shape index (κ1) is 16.0. The third kappa shape index (κ3) is 3.38. The van der Waals surface area contributed by atoms with Gasteiger partial charge in [0.25, 0.3) is 0 Å². The summed E-state index contributed by atoms with van der Waals surface area (Å²) < 4.78 is 5.28. The van der Waals surface area contributed by atoms with Gasteiger partial charge in [-0.3, -0.25) is 4.90 Å². The molecule has 4 heteroatoms. The third-order valence-corrected chi connectivity index (χ3v) is 5.75. The molecule has 1 N–H and O–H groups in total. The molecule has 1 aliphatic heterocycles. The molecule has 1 saturated heterocycles. The molecule has 3 rings (SSSR count). The Bertz CT molecular complexity index is 451. The number of piperidine rings is 1. The van der Waals surface area contributed by atoms with Gasteiger partial charge in [-0.2, -0.15) is 0 Å². The number of hydrogen-bond donors (Lipinski definition) is 1. The Kier molecular flexibility index (Phi) is 5.19. The predicted octanol–water partition coefficient (Wildman–Crippen LogP) is 3.57. The van der Waals surface area contributed by atoms with Gasteiger partial charge in [0.15, 0.2) is 0 Å². The van der Waals surface area contributed by atoms with Crippen LogP contribution in [0.4, 0.5) is 0 Å². The summed E-state index contributed by atoms with van der Waals surface area (Å²) in [5.41, 5.74) is 2.67. The van der Waals surface area contributed by atoms with E-state index in [-0.39, 0.29) is 0 Å². The number of likely N-dealkylation sites (tertiary alicyclic amines) is 1. The summed E-state index contributed by atoms with van der Waals surface area (Å²) in [5.74, 6) is 0.959. The van der Waals surface area contributed by atoms with Gasteiger partial charge in [-0.25, -0.2) is 0 Å². The van der Waals surface area contributed by atoms with Crippen molar-refractivity contribution < 1.29 is 4.52 Å². The normalized spacial score (nSPS) is 22.8. The van der Waals surface area contributed by atoms with Gasteiger partial charge in [-0.1, -0.05) is 30.8 Å². The number of rotatable bonds is 5. The number of hydrogen-bond acceptors (Lipinski definition) is 4. The molecule has 0 bridgehead atoms. The van der Waals surface area contributed by atoms with Crippen molar-refractivity contribution in [3.63, 3.8) is 0 Å². The van der Waals surface area contributed by atoms with Crippen molar-refractivity contribution in [2.24, 2.45) is 0 Å². The third-order valence-electron chi connectivity index (χ3n) is 5.75. The van der Waals surface area contributed by atoms with E-state index in [2.05, 4.69) is 15.4 Å². The Morgan fingerprint density at radius 2 is 1.73 bits per heavy atom. The molecule has 1 saturated carbocycles. The number of nitrogens with one attached hydrogen (secondary N) is 1. The van der Waals surface area contributed by atoms with Gasteiger partial charge in [-0.15, -0.1) is 0 Å². The highest BCUT2D eigenvalue weighted by atomic mass is 16.5. The lowest BCUT2D eigenvalue weighted by Gasteiger charge is -2.48. The smallest absolute Gasteiger partial charge is 0.138 e. The molecule has 2 heterocycles. The zero-order valence-electron chi connectivity index (χ0n) is 14.3. The lowest BCUT2D eigenvalue weighted by atomic mass is 9.79. The summed E-state index contributed by atoms with van der Waals surface area (Å²) in [7, 11) is 0. The Labute approximate surface area is 134 Å². The zero-order chi connectivity index (χ0) is 15.4. The summed E-state index contributed by atoms with van der Waals surface area (Å²) >= 11 is 0. The minimum Gasteiger partial charge on any atom is -0.361 e. The monoisotopic (exact) mass is 305 g/mol. The second-order valence-corrected chi connectivity index (χ2v) is 7.24. The first-order valence-electron chi connectivity index (χ1n) is 9.09. The average molecular weight is 305 g/mol. The highest BCUT2D eigenvalue weighted by molar-refractivity contribution is 5.20. The van der Waals surface area contributed by atoms with Crippen molar-refractivity contribution in [2.75, 3.05) is 19.6 Å². The molecule has 1 aromatic heterocycles. The van der Waals surface area contributed by atoms with Crippen LogP contribution in [0.15, 0.2) is 4.52 Å². The van der Waals surface area contributed by atoms with Gasteiger partial charge in [0, 0.05) is 24.2 Å². The summed E-state index contributed by atoms with van der Waals surface area (Å²) in [6.07, 6.45) is 11.1. The lowest BCUT2D eigenvalue weighted by molar-refractivity contribution is 0.0333. The molecule has 0 aromatic carbocycles. The van der Waals surface area contributed by atoms with E-state index < -0.39 is 0 Å². The summed E-state index contributed by atoms with van der Waals surface area (Å²) in [4.78, 5) is 2.80. The van der Waals surface area contributed by atoms with E-state index in [1.807, 2.05) is 13.8 Å². The number of aromatic nitrogens is 1. The molecule has 124 valence electrons. The Balaban J connectivity index is 1.62. The Morgan fingerprint density at radius 3 is 2.36 bits per heavy atom. The van der Waals surface area contributed by atoms with E-state index in [0.717, 1.165) is 24.5 Å². The van der Waals surface area contributed by atoms with Crippen LogP contribution in [0, 0.1) is 13.8 Å². The predicted molar refractivity (Wildman–Crippen MR) is 88.9 cm³/mol. The maximum absolute atomic E-state index is 5.28. The summed E-state index contributed by atoms with van der Waals surface area (Å²) in [6, 6.07) is 0. The fourth-order valence-corrected chi connectivity index (χ4v) is 4.36. The molecular weight excluding hydrogens is 274 g/mol. The van der Waals surface area contributed by atoms with Crippen molar-refractivity contribution in [3.8, 4) is 0 Å². The van der Waals surface area contributed by atoms with Gasteiger partial charge < -0.3 is 9.84 Å². The molecule has 1 aliphatic carbocycles. The summed E-state index contributed by atoms with van der Waals surface area (Å²) in [5, 5.41) is 7.80. The molecule has 0 amide bonds. The molecule has 0 atom stereocenters. The minimum atomic E-state index is 0.400. The maximum atomic E-state index is 5.28. The van der Waals surface area contributed by atoms with E-state index in [1.165, 1.54) is 70.0 Å². The maximum Gasteiger partial charge on any atom is 0.138 e. The molecule has 4 nitrogen and oxygen atoms in total. The standard InChI is InChI=1S/C18H31N3O/c1-15-17(16(2)22-20-15)13-19-14-18(9-5-3-6-10-18)21-11-7-4-8-12-21/h19H,3-14H2,1-2H3. The first-order valence-corrected chi connectivity index (χ1v) is 9.09. The largest absolute Gasteiger partial charge is 0.361 e. The van der Waals surface area contributed by atoms with Crippen LogP contribution in [0.1, 0.15) is 68.4 Å². The van der Waals surface area contributed by atoms with Crippen LogP contribution >= 0.6 is 0 Å². The van der Waals surface area contributed by atoms with Crippen LogP contribution < -0.4 is 5.32 Å². The van der Waals surface area contributed by atoms with Crippen molar-refractivity contribution in [2.45, 2.75) is 77.3 Å². The van der Waals surface area contributed by atoms with E-state index >= 15 is 0 Å².